The van der Waals surface area contributed by atoms with Crippen LogP contribution in [0.1, 0.15) is 34.1 Å². The van der Waals surface area contributed by atoms with E-state index in [0.717, 1.165) is 0 Å². The van der Waals surface area contributed by atoms with Crippen molar-refractivity contribution < 1.29 is 28.6 Å². The first-order valence-electron chi connectivity index (χ1n) is 6.53. The Morgan fingerprint density at radius 2 is 1.11 bits per heavy atom. The van der Waals surface area contributed by atoms with Gasteiger partial charge in [0.05, 0.1) is 25.7 Å². The fraction of sp³-hybridized carbons (Fsp3) is 0.769. The SMILES string of the molecule is CCOC(=O)C(CC)C(C(=O)OCC)C(=O)OCC. The molecule has 0 heterocycles. The maximum atomic E-state index is 11.8. The monoisotopic (exact) mass is 274 g/mol. The van der Waals surface area contributed by atoms with Gasteiger partial charge in [-0.1, -0.05) is 6.92 Å². The van der Waals surface area contributed by atoms with Crippen LogP contribution in [0.2, 0.25) is 0 Å². The van der Waals surface area contributed by atoms with E-state index in [2.05, 4.69) is 0 Å². The molecule has 0 saturated heterocycles. The van der Waals surface area contributed by atoms with Crippen LogP contribution in [0, 0.1) is 11.8 Å². The Morgan fingerprint density at radius 3 is 1.42 bits per heavy atom. The Balaban J connectivity index is 5.11. The number of carbonyl (C=O) groups is 3. The first kappa shape index (κ1) is 17.4. The third-order valence-corrected chi connectivity index (χ3v) is 2.51. The fourth-order valence-electron chi connectivity index (χ4n) is 1.68. The van der Waals surface area contributed by atoms with Crippen molar-refractivity contribution in [3.8, 4) is 0 Å². The molecule has 0 aromatic rings. The van der Waals surface area contributed by atoms with Crippen LogP contribution in [-0.2, 0) is 28.6 Å². The Bertz CT molecular complexity index is 294. The lowest BCUT2D eigenvalue weighted by molar-refractivity contribution is -0.171. The maximum absolute atomic E-state index is 11.8. The van der Waals surface area contributed by atoms with E-state index in [4.69, 9.17) is 14.2 Å². The lowest BCUT2D eigenvalue weighted by Crippen LogP contribution is -2.38. The first-order valence-corrected chi connectivity index (χ1v) is 6.53. The molecular formula is C13H22O6. The van der Waals surface area contributed by atoms with E-state index < -0.39 is 29.7 Å². The van der Waals surface area contributed by atoms with Crippen molar-refractivity contribution in [1.29, 1.82) is 0 Å². The second-order valence-corrected chi connectivity index (χ2v) is 3.75. The highest BCUT2D eigenvalue weighted by Crippen LogP contribution is 2.21. The molecule has 0 rings (SSSR count). The van der Waals surface area contributed by atoms with Crippen molar-refractivity contribution >= 4 is 17.9 Å². The van der Waals surface area contributed by atoms with Gasteiger partial charge < -0.3 is 14.2 Å². The average molecular weight is 274 g/mol. The molecule has 19 heavy (non-hydrogen) atoms. The Hall–Kier alpha value is -1.59. The molecule has 0 aliphatic rings. The number of rotatable bonds is 8. The van der Waals surface area contributed by atoms with Crippen LogP contribution in [-0.4, -0.2) is 37.7 Å². The molecule has 0 aliphatic heterocycles. The van der Waals surface area contributed by atoms with Crippen molar-refractivity contribution in [1.82, 2.24) is 0 Å². The largest absolute Gasteiger partial charge is 0.466 e. The number of hydrogen-bond donors (Lipinski definition) is 0. The van der Waals surface area contributed by atoms with Crippen LogP contribution >= 0.6 is 0 Å². The molecule has 0 aromatic heterocycles. The summed E-state index contributed by atoms with van der Waals surface area (Å²) in [5.41, 5.74) is 0. The minimum atomic E-state index is -1.26. The Morgan fingerprint density at radius 1 is 0.737 bits per heavy atom. The minimum Gasteiger partial charge on any atom is -0.466 e. The zero-order valence-corrected chi connectivity index (χ0v) is 11.9. The zero-order chi connectivity index (χ0) is 14.8. The molecular weight excluding hydrogens is 252 g/mol. The van der Waals surface area contributed by atoms with E-state index in [1.807, 2.05) is 0 Å². The van der Waals surface area contributed by atoms with Gasteiger partial charge >= 0.3 is 17.9 Å². The summed E-state index contributed by atoms with van der Waals surface area (Å²) in [6, 6.07) is 0. The smallest absolute Gasteiger partial charge is 0.321 e. The first-order chi connectivity index (χ1) is 9.03. The third-order valence-electron chi connectivity index (χ3n) is 2.51. The van der Waals surface area contributed by atoms with Crippen molar-refractivity contribution in [3.05, 3.63) is 0 Å². The number of ether oxygens (including phenoxy) is 3. The molecule has 0 spiro atoms. The molecule has 1 unspecified atom stereocenters. The van der Waals surface area contributed by atoms with Gasteiger partial charge in [-0.15, -0.1) is 0 Å². The number of esters is 3. The second-order valence-electron chi connectivity index (χ2n) is 3.75. The van der Waals surface area contributed by atoms with Crippen LogP contribution in [0.4, 0.5) is 0 Å². The van der Waals surface area contributed by atoms with E-state index in [-0.39, 0.29) is 19.8 Å². The predicted octanol–water partition coefficient (Wildman–Crippen LogP) is 1.32. The van der Waals surface area contributed by atoms with Gasteiger partial charge in [-0.05, 0) is 27.2 Å². The molecule has 0 fully saturated rings. The quantitative estimate of drug-likeness (QED) is 0.377. The van der Waals surface area contributed by atoms with Gasteiger partial charge in [0.25, 0.3) is 0 Å². The molecule has 0 radical (unpaired) electrons. The number of carbonyl (C=O) groups excluding carboxylic acids is 3. The highest BCUT2D eigenvalue weighted by Gasteiger charge is 2.41. The van der Waals surface area contributed by atoms with E-state index in [9.17, 15) is 14.4 Å². The lowest BCUT2D eigenvalue weighted by Gasteiger charge is -2.21. The van der Waals surface area contributed by atoms with Crippen molar-refractivity contribution in [2.45, 2.75) is 34.1 Å². The van der Waals surface area contributed by atoms with Gasteiger partial charge in [-0.3, -0.25) is 14.4 Å². The average Bonchev–Trinajstić information content (AvgIpc) is 2.36. The van der Waals surface area contributed by atoms with Crippen LogP contribution in [0.5, 0.6) is 0 Å². The summed E-state index contributed by atoms with van der Waals surface area (Å²) in [6.07, 6.45) is 0.293. The summed E-state index contributed by atoms with van der Waals surface area (Å²) in [6.45, 7) is 7.08. The normalized spacial score (nSPS) is 11.8. The van der Waals surface area contributed by atoms with E-state index in [0.29, 0.717) is 6.42 Å². The van der Waals surface area contributed by atoms with Gasteiger partial charge in [0.1, 0.15) is 0 Å². The van der Waals surface area contributed by atoms with Crippen LogP contribution < -0.4 is 0 Å². The Labute approximate surface area is 113 Å². The molecule has 0 N–H and O–H groups in total. The third kappa shape index (κ3) is 5.28. The second kappa shape index (κ2) is 9.35. The van der Waals surface area contributed by atoms with Crippen LogP contribution in [0.3, 0.4) is 0 Å². The van der Waals surface area contributed by atoms with Gasteiger partial charge in [0, 0.05) is 0 Å². The molecule has 0 amide bonds. The molecule has 0 aromatic carbocycles. The summed E-state index contributed by atoms with van der Waals surface area (Å²) in [4.78, 5) is 35.5. The maximum Gasteiger partial charge on any atom is 0.321 e. The molecule has 0 aliphatic carbocycles. The van der Waals surface area contributed by atoms with Crippen LogP contribution in [0.25, 0.3) is 0 Å². The van der Waals surface area contributed by atoms with E-state index in [1.165, 1.54) is 0 Å². The van der Waals surface area contributed by atoms with Gasteiger partial charge in [0.15, 0.2) is 5.92 Å². The zero-order valence-electron chi connectivity index (χ0n) is 11.9. The molecule has 0 saturated carbocycles. The topological polar surface area (TPSA) is 78.9 Å². The van der Waals surface area contributed by atoms with Gasteiger partial charge in [0.2, 0.25) is 0 Å². The van der Waals surface area contributed by atoms with Gasteiger partial charge in [-0.25, -0.2) is 0 Å². The molecule has 110 valence electrons. The van der Waals surface area contributed by atoms with Gasteiger partial charge in [-0.2, -0.15) is 0 Å². The van der Waals surface area contributed by atoms with Crippen LogP contribution in [0.15, 0.2) is 0 Å². The number of hydrogen-bond acceptors (Lipinski definition) is 6. The highest BCUT2D eigenvalue weighted by atomic mass is 16.6. The highest BCUT2D eigenvalue weighted by molar-refractivity contribution is 5.99. The van der Waals surface area contributed by atoms with E-state index >= 15 is 0 Å². The lowest BCUT2D eigenvalue weighted by atomic mass is 9.90. The molecule has 6 heteroatoms. The Kier molecular flexibility index (Phi) is 8.57. The van der Waals surface area contributed by atoms with E-state index in [1.54, 1.807) is 27.7 Å². The van der Waals surface area contributed by atoms with Crippen molar-refractivity contribution in [3.63, 3.8) is 0 Å². The standard InChI is InChI=1S/C13H22O6/c1-5-9(11(14)17-6-2)10(12(15)18-7-3)13(16)19-8-4/h9-10H,5-8H2,1-4H3. The minimum absolute atomic E-state index is 0.133. The van der Waals surface area contributed by atoms with Crippen molar-refractivity contribution in [2.24, 2.45) is 11.8 Å². The molecule has 0 bridgehead atoms. The predicted molar refractivity (Wildman–Crippen MR) is 67.2 cm³/mol. The summed E-state index contributed by atoms with van der Waals surface area (Å²) < 4.78 is 14.5. The summed E-state index contributed by atoms with van der Waals surface area (Å²) in [7, 11) is 0. The fourth-order valence-corrected chi connectivity index (χ4v) is 1.68. The summed E-state index contributed by atoms with van der Waals surface area (Å²) >= 11 is 0. The molecule has 6 nitrogen and oxygen atoms in total. The van der Waals surface area contributed by atoms with Crippen molar-refractivity contribution in [2.75, 3.05) is 19.8 Å². The summed E-state index contributed by atoms with van der Waals surface area (Å²) in [5, 5.41) is 0. The summed E-state index contributed by atoms with van der Waals surface area (Å²) in [5.74, 6) is -4.22. The molecule has 1 atom stereocenters.